The monoisotopic (exact) mass is 370 g/mol. The zero-order chi connectivity index (χ0) is 19.0. The van der Waals surface area contributed by atoms with Gasteiger partial charge in [0.1, 0.15) is 11.6 Å². The Morgan fingerprint density at radius 3 is 2.70 bits per heavy atom. The third-order valence-corrected chi connectivity index (χ3v) is 3.87. The average Bonchev–Trinajstić information content (AvgIpc) is 3.05. The molecule has 0 aromatic carbocycles. The van der Waals surface area contributed by atoms with Gasteiger partial charge in [0.25, 0.3) is 0 Å². The summed E-state index contributed by atoms with van der Waals surface area (Å²) in [5.74, 6) is 0.819. The number of nitrogens with one attached hydrogen (secondary N) is 1. The van der Waals surface area contributed by atoms with Crippen LogP contribution in [0.15, 0.2) is 55.0 Å². The number of hydrogen-bond donors (Lipinski definition) is 1. The van der Waals surface area contributed by atoms with Gasteiger partial charge in [0.2, 0.25) is 0 Å². The highest BCUT2D eigenvalue weighted by atomic mass is 19.4. The fourth-order valence-electron chi connectivity index (χ4n) is 2.67. The molecule has 1 N–H and O–H groups in total. The number of hydrogen-bond acceptors (Lipinski definition) is 5. The molecule has 4 heterocycles. The van der Waals surface area contributed by atoms with Crippen molar-refractivity contribution in [2.45, 2.75) is 13.1 Å². The molecule has 0 radical (unpaired) electrons. The van der Waals surface area contributed by atoms with E-state index in [0.29, 0.717) is 17.3 Å². The molecule has 0 fully saturated rings. The highest BCUT2D eigenvalue weighted by Gasteiger charge is 2.30. The zero-order valence-corrected chi connectivity index (χ0v) is 14.1. The molecule has 4 rings (SSSR count). The number of halogens is 3. The molecule has 4 aromatic rings. The number of alkyl halides is 3. The van der Waals surface area contributed by atoms with Crippen molar-refractivity contribution in [2.24, 2.45) is 0 Å². The summed E-state index contributed by atoms with van der Waals surface area (Å²) in [6.45, 7) is 1.78. The maximum absolute atomic E-state index is 12.9. The Bertz CT molecular complexity index is 1120. The van der Waals surface area contributed by atoms with E-state index in [-0.39, 0.29) is 5.82 Å². The van der Waals surface area contributed by atoms with Crippen LogP contribution in [-0.2, 0) is 6.18 Å². The van der Waals surface area contributed by atoms with Gasteiger partial charge in [-0.15, -0.1) is 0 Å². The van der Waals surface area contributed by atoms with Gasteiger partial charge >= 0.3 is 6.18 Å². The summed E-state index contributed by atoms with van der Waals surface area (Å²) in [4.78, 5) is 12.8. The van der Waals surface area contributed by atoms with Gasteiger partial charge in [-0.1, -0.05) is 6.07 Å². The Kier molecular flexibility index (Phi) is 3.98. The summed E-state index contributed by atoms with van der Waals surface area (Å²) in [5, 5.41) is 7.07. The van der Waals surface area contributed by atoms with E-state index in [9.17, 15) is 13.2 Å². The minimum atomic E-state index is -4.44. The van der Waals surface area contributed by atoms with Crippen LogP contribution in [0.2, 0.25) is 0 Å². The van der Waals surface area contributed by atoms with Crippen molar-refractivity contribution in [1.82, 2.24) is 24.6 Å². The first kappa shape index (κ1) is 17.0. The third kappa shape index (κ3) is 3.43. The minimum Gasteiger partial charge on any atom is -0.325 e. The molecule has 0 saturated heterocycles. The number of anilines is 2. The topological polar surface area (TPSA) is 68.0 Å². The highest BCUT2D eigenvalue weighted by molar-refractivity contribution is 5.76. The first-order chi connectivity index (χ1) is 12.9. The number of aryl methyl sites for hydroxylation is 1. The first-order valence-corrected chi connectivity index (χ1v) is 7.99. The number of fused-ring (bicyclic) bond motifs is 1. The van der Waals surface area contributed by atoms with E-state index in [0.717, 1.165) is 29.4 Å². The summed E-state index contributed by atoms with van der Waals surface area (Å²) in [7, 11) is 0. The Hall–Kier alpha value is -3.49. The number of aromatic nitrogens is 5. The van der Waals surface area contributed by atoms with Crippen molar-refractivity contribution in [3.63, 3.8) is 0 Å². The van der Waals surface area contributed by atoms with E-state index in [1.165, 1.54) is 0 Å². The Balaban J connectivity index is 1.71. The van der Waals surface area contributed by atoms with Gasteiger partial charge in [-0.25, -0.2) is 19.5 Å². The van der Waals surface area contributed by atoms with Crippen LogP contribution in [0, 0.1) is 6.92 Å². The fourth-order valence-corrected chi connectivity index (χ4v) is 2.67. The summed E-state index contributed by atoms with van der Waals surface area (Å²) >= 11 is 0. The molecule has 0 atom stereocenters. The Labute approximate surface area is 151 Å². The fraction of sp³-hybridized carbons (Fsp3) is 0.111. The van der Waals surface area contributed by atoms with Crippen LogP contribution in [0.5, 0.6) is 0 Å². The molecular formula is C18H13F3N6. The highest BCUT2D eigenvalue weighted by Crippen LogP contribution is 2.30. The van der Waals surface area contributed by atoms with E-state index in [2.05, 4.69) is 25.4 Å². The van der Waals surface area contributed by atoms with E-state index in [4.69, 9.17) is 0 Å². The van der Waals surface area contributed by atoms with Gasteiger partial charge < -0.3 is 5.32 Å². The summed E-state index contributed by atoms with van der Waals surface area (Å²) in [6.07, 6.45) is 0.116. The van der Waals surface area contributed by atoms with Crippen molar-refractivity contribution in [1.29, 1.82) is 0 Å². The molecule has 27 heavy (non-hydrogen) atoms. The average molecular weight is 370 g/mol. The molecule has 0 bridgehead atoms. The lowest BCUT2D eigenvalue weighted by Crippen LogP contribution is -2.07. The summed E-state index contributed by atoms with van der Waals surface area (Å²) < 4.78 is 40.3. The van der Waals surface area contributed by atoms with Crippen LogP contribution in [0.25, 0.3) is 16.9 Å². The normalized spacial score (nSPS) is 11.7. The molecule has 4 aromatic heterocycles. The predicted octanol–water partition coefficient (Wildman–Crippen LogP) is 4.26. The van der Waals surface area contributed by atoms with Crippen molar-refractivity contribution >= 4 is 17.2 Å². The van der Waals surface area contributed by atoms with Gasteiger partial charge in [-0.2, -0.15) is 18.3 Å². The molecule has 0 unspecified atom stereocenters. The summed E-state index contributed by atoms with van der Waals surface area (Å²) in [6, 6.07) is 9.11. The quantitative estimate of drug-likeness (QED) is 0.584. The standard InChI is InChI=1S/C18H13F3N6/c1-11-8-16(25-15-9-12(5-6-22-15)18(19,20)21)26-17(24-11)13-10-23-27-7-3-2-4-14(13)27/h2-10H,1H3,(H,22,24,25,26). The van der Waals surface area contributed by atoms with Crippen LogP contribution in [0.1, 0.15) is 11.3 Å². The third-order valence-electron chi connectivity index (χ3n) is 3.87. The SMILES string of the molecule is Cc1cc(Nc2cc(C(F)(F)F)ccn2)nc(-c2cnn3ccccc23)n1. The van der Waals surface area contributed by atoms with Crippen LogP contribution in [0.4, 0.5) is 24.8 Å². The van der Waals surface area contributed by atoms with Crippen LogP contribution in [0.3, 0.4) is 0 Å². The molecule has 0 amide bonds. The lowest BCUT2D eigenvalue weighted by Gasteiger charge is -2.10. The summed E-state index contributed by atoms with van der Waals surface area (Å²) in [5.41, 5.74) is 1.42. The lowest BCUT2D eigenvalue weighted by molar-refractivity contribution is -0.137. The van der Waals surface area contributed by atoms with E-state index in [1.54, 1.807) is 29.9 Å². The van der Waals surface area contributed by atoms with Gasteiger partial charge in [0.05, 0.1) is 22.8 Å². The van der Waals surface area contributed by atoms with Crippen molar-refractivity contribution in [3.05, 3.63) is 66.2 Å². The maximum atomic E-state index is 12.9. The van der Waals surface area contributed by atoms with E-state index < -0.39 is 11.7 Å². The van der Waals surface area contributed by atoms with Crippen LogP contribution < -0.4 is 5.32 Å². The molecule has 0 saturated carbocycles. The van der Waals surface area contributed by atoms with Crippen molar-refractivity contribution < 1.29 is 13.2 Å². The molecule has 9 heteroatoms. The number of rotatable bonds is 3. The molecule has 0 aliphatic rings. The second-order valence-corrected chi connectivity index (χ2v) is 5.86. The van der Waals surface area contributed by atoms with Gasteiger partial charge in [-0.05, 0) is 31.2 Å². The second kappa shape index (κ2) is 6.35. The molecule has 6 nitrogen and oxygen atoms in total. The van der Waals surface area contributed by atoms with E-state index in [1.807, 2.05) is 18.2 Å². The molecular weight excluding hydrogens is 357 g/mol. The largest absolute Gasteiger partial charge is 0.416 e. The maximum Gasteiger partial charge on any atom is 0.416 e. The lowest BCUT2D eigenvalue weighted by atomic mass is 10.2. The number of nitrogens with zero attached hydrogens (tertiary/aromatic N) is 5. The van der Waals surface area contributed by atoms with Crippen LogP contribution in [-0.4, -0.2) is 24.6 Å². The van der Waals surface area contributed by atoms with E-state index >= 15 is 0 Å². The smallest absolute Gasteiger partial charge is 0.325 e. The zero-order valence-electron chi connectivity index (χ0n) is 14.1. The number of pyridine rings is 2. The second-order valence-electron chi connectivity index (χ2n) is 5.86. The van der Waals surface area contributed by atoms with Gasteiger partial charge in [-0.3, -0.25) is 0 Å². The Morgan fingerprint density at radius 1 is 1.04 bits per heavy atom. The molecule has 0 aliphatic carbocycles. The minimum absolute atomic E-state index is 0.0498. The molecule has 136 valence electrons. The van der Waals surface area contributed by atoms with Crippen molar-refractivity contribution in [2.75, 3.05) is 5.32 Å². The van der Waals surface area contributed by atoms with Gasteiger partial charge in [0.15, 0.2) is 5.82 Å². The Morgan fingerprint density at radius 2 is 1.89 bits per heavy atom. The van der Waals surface area contributed by atoms with Gasteiger partial charge in [0, 0.05) is 24.2 Å². The first-order valence-electron chi connectivity index (χ1n) is 7.99. The predicted molar refractivity (Wildman–Crippen MR) is 93.5 cm³/mol. The molecule has 0 spiro atoms. The van der Waals surface area contributed by atoms with Crippen LogP contribution >= 0.6 is 0 Å². The molecule has 0 aliphatic heterocycles. The van der Waals surface area contributed by atoms with Crippen molar-refractivity contribution in [3.8, 4) is 11.4 Å².